The maximum absolute atomic E-state index is 12.3. The highest BCUT2D eigenvalue weighted by atomic mass is 16.6. The SMILES string of the molecule is COc1cc(/C=C/[N+](=O)[O-])ccc1OC(=O)c1cc2ccccc2o1. The molecule has 7 heteroatoms. The zero-order valence-electron chi connectivity index (χ0n) is 13.2. The van der Waals surface area contributed by atoms with E-state index in [1.54, 1.807) is 24.3 Å². The van der Waals surface area contributed by atoms with Crippen molar-refractivity contribution in [3.8, 4) is 11.5 Å². The van der Waals surface area contributed by atoms with Gasteiger partial charge in [-0.1, -0.05) is 24.3 Å². The molecule has 25 heavy (non-hydrogen) atoms. The lowest BCUT2D eigenvalue weighted by Crippen LogP contribution is -2.08. The number of fused-ring (bicyclic) bond motifs is 1. The van der Waals surface area contributed by atoms with E-state index in [0.29, 0.717) is 11.1 Å². The Labute approximate surface area is 142 Å². The number of carbonyl (C=O) groups is 1. The van der Waals surface area contributed by atoms with E-state index >= 15 is 0 Å². The van der Waals surface area contributed by atoms with Crippen molar-refractivity contribution in [2.45, 2.75) is 0 Å². The van der Waals surface area contributed by atoms with Crippen LogP contribution in [-0.2, 0) is 0 Å². The fraction of sp³-hybridized carbons (Fsp3) is 0.0556. The molecular weight excluding hydrogens is 326 g/mol. The lowest BCUT2D eigenvalue weighted by atomic mass is 10.2. The fourth-order valence-electron chi connectivity index (χ4n) is 2.25. The van der Waals surface area contributed by atoms with E-state index in [-0.39, 0.29) is 17.3 Å². The Morgan fingerprint density at radius 2 is 1.96 bits per heavy atom. The summed E-state index contributed by atoms with van der Waals surface area (Å²) in [7, 11) is 1.41. The Hall–Kier alpha value is -3.61. The zero-order chi connectivity index (χ0) is 17.8. The maximum atomic E-state index is 12.3. The van der Waals surface area contributed by atoms with Gasteiger partial charge in [0.15, 0.2) is 11.5 Å². The summed E-state index contributed by atoms with van der Waals surface area (Å²) in [6.07, 6.45) is 2.13. The standard InChI is InChI=1S/C18H13NO6/c1-23-16-10-12(8-9-19(21)22)6-7-15(16)25-18(20)17-11-13-4-2-3-5-14(13)24-17/h2-11H,1H3/b9-8+. The lowest BCUT2D eigenvalue weighted by Gasteiger charge is -2.08. The van der Waals surface area contributed by atoms with Crippen LogP contribution in [0.5, 0.6) is 11.5 Å². The molecule has 0 aliphatic carbocycles. The fourth-order valence-corrected chi connectivity index (χ4v) is 2.25. The first kappa shape index (κ1) is 16.3. The van der Waals surface area contributed by atoms with E-state index in [2.05, 4.69) is 0 Å². The Kier molecular flexibility index (Phi) is 4.47. The van der Waals surface area contributed by atoms with Gasteiger partial charge in [0.2, 0.25) is 12.0 Å². The van der Waals surface area contributed by atoms with Gasteiger partial charge in [-0.05, 0) is 29.8 Å². The van der Waals surface area contributed by atoms with E-state index in [0.717, 1.165) is 11.6 Å². The third-order valence-corrected chi connectivity index (χ3v) is 3.41. The van der Waals surface area contributed by atoms with Crippen molar-refractivity contribution in [1.29, 1.82) is 0 Å². The largest absolute Gasteiger partial charge is 0.493 e. The molecule has 1 aromatic heterocycles. The quantitative estimate of drug-likeness (QED) is 0.303. The second-order valence-electron chi connectivity index (χ2n) is 5.05. The van der Waals surface area contributed by atoms with Crippen LogP contribution >= 0.6 is 0 Å². The first-order chi connectivity index (χ1) is 12.1. The van der Waals surface area contributed by atoms with Crippen molar-refractivity contribution in [2.24, 2.45) is 0 Å². The van der Waals surface area contributed by atoms with Crippen molar-refractivity contribution in [1.82, 2.24) is 0 Å². The van der Waals surface area contributed by atoms with Crippen LogP contribution in [0.4, 0.5) is 0 Å². The van der Waals surface area contributed by atoms with Gasteiger partial charge in [0, 0.05) is 11.5 Å². The minimum Gasteiger partial charge on any atom is -0.493 e. The van der Waals surface area contributed by atoms with Crippen LogP contribution in [0.1, 0.15) is 16.1 Å². The number of ether oxygens (including phenoxy) is 2. The van der Waals surface area contributed by atoms with Gasteiger partial charge in [0.1, 0.15) is 5.58 Å². The highest BCUT2D eigenvalue weighted by molar-refractivity contribution is 5.93. The molecule has 2 aromatic carbocycles. The van der Waals surface area contributed by atoms with Gasteiger partial charge in [-0.25, -0.2) is 4.79 Å². The Morgan fingerprint density at radius 1 is 1.16 bits per heavy atom. The van der Waals surface area contributed by atoms with Crippen LogP contribution in [0, 0.1) is 10.1 Å². The number of para-hydroxylation sites is 1. The zero-order valence-corrected chi connectivity index (χ0v) is 13.2. The summed E-state index contributed by atoms with van der Waals surface area (Å²) in [5.74, 6) is -0.134. The summed E-state index contributed by atoms with van der Waals surface area (Å²) >= 11 is 0. The van der Waals surface area contributed by atoms with Gasteiger partial charge in [0.25, 0.3) is 0 Å². The first-order valence-corrected chi connectivity index (χ1v) is 7.27. The predicted octanol–water partition coefficient (Wildman–Crippen LogP) is 3.91. The second-order valence-corrected chi connectivity index (χ2v) is 5.05. The molecule has 0 aliphatic heterocycles. The van der Waals surface area contributed by atoms with Crippen LogP contribution in [-0.4, -0.2) is 18.0 Å². The smallest absolute Gasteiger partial charge is 0.379 e. The summed E-state index contributed by atoms with van der Waals surface area (Å²) in [5.41, 5.74) is 1.12. The van der Waals surface area contributed by atoms with E-state index in [1.165, 1.54) is 25.3 Å². The number of methoxy groups -OCH3 is 1. The Morgan fingerprint density at radius 3 is 2.68 bits per heavy atom. The molecule has 0 spiro atoms. The summed E-state index contributed by atoms with van der Waals surface area (Å²) in [5, 5.41) is 11.2. The molecule has 0 atom stereocenters. The molecular formula is C18H13NO6. The van der Waals surface area contributed by atoms with E-state index < -0.39 is 10.9 Å². The first-order valence-electron chi connectivity index (χ1n) is 7.27. The van der Waals surface area contributed by atoms with E-state index in [4.69, 9.17) is 13.9 Å². The summed E-state index contributed by atoms with van der Waals surface area (Å²) in [4.78, 5) is 22.1. The van der Waals surface area contributed by atoms with Gasteiger partial charge >= 0.3 is 5.97 Å². The van der Waals surface area contributed by atoms with Crippen LogP contribution in [0.3, 0.4) is 0 Å². The average molecular weight is 339 g/mol. The number of hydrogen-bond acceptors (Lipinski definition) is 6. The van der Waals surface area contributed by atoms with Crippen LogP contribution in [0.25, 0.3) is 17.0 Å². The second kappa shape index (κ2) is 6.88. The molecule has 7 nitrogen and oxygen atoms in total. The summed E-state index contributed by atoms with van der Waals surface area (Å²) < 4.78 is 16.0. The van der Waals surface area contributed by atoms with Crippen LogP contribution < -0.4 is 9.47 Å². The van der Waals surface area contributed by atoms with Crippen molar-refractivity contribution < 1.29 is 23.6 Å². The molecule has 0 unspecified atom stereocenters. The number of benzene rings is 2. The monoisotopic (exact) mass is 339 g/mol. The molecule has 3 aromatic rings. The number of hydrogen-bond donors (Lipinski definition) is 0. The topological polar surface area (TPSA) is 91.8 Å². The third-order valence-electron chi connectivity index (χ3n) is 3.41. The van der Waals surface area contributed by atoms with Gasteiger partial charge in [-0.2, -0.15) is 0 Å². The third kappa shape index (κ3) is 3.66. The van der Waals surface area contributed by atoms with E-state index in [1.807, 2.05) is 12.1 Å². The molecule has 0 saturated carbocycles. The molecule has 0 radical (unpaired) electrons. The minimum absolute atomic E-state index is 0.0700. The van der Waals surface area contributed by atoms with Crippen LogP contribution in [0.15, 0.2) is 59.1 Å². The van der Waals surface area contributed by atoms with E-state index in [9.17, 15) is 14.9 Å². The summed E-state index contributed by atoms with van der Waals surface area (Å²) in [6, 6.07) is 13.4. The van der Waals surface area contributed by atoms with Gasteiger partial charge in [0.05, 0.1) is 12.0 Å². The molecule has 0 aliphatic rings. The normalized spacial score (nSPS) is 10.9. The molecule has 0 saturated heterocycles. The van der Waals surface area contributed by atoms with Crippen molar-refractivity contribution >= 4 is 23.0 Å². The minimum atomic E-state index is -0.664. The molecule has 126 valence electrons. The van der Waals surface area contributed by atoms with Gasteiger partial charge in [-0.15, -0.1) is 0 Å². The highest BCUT2D eigenvalue weighted by Crippen LogP contribution is 2.30. The molecule has 0 N–H and O–H groups in total. The molecule has 0 bridgehead atoms. The van der Waals surface area contributed by atoms with Crippen molar-refractivity contribution in [3.05, 3.63) is 76.2 Å². The number of carbonyl (C=O) groups excluding carboxylic acids is 1. The maximum Gasteiger partial charge on any atom is 0.379 e. The van der Waals surface area contributed by atoms with Crippen LogP contribution in [0.2, 0.25) is 0 Å². The van der Waals surface area contributed by atoms with Gasteiger partial charge in [-0.3, -0.25) is 10.1 Å². The number of furan rings is 1. The number of nitrogens with zero attached hydrogens (tertiary/aromatic N) is 1. The number of nitro groups is 1. The molecule has 0 fully saturated rings. The lowest BCUT2D eigenvalue weighted by molar-refractivity contribution is -0.400. The molecule has 1 heterocycles. The molecule has 0 amide bonds. The number of rotatable bonds is 5. The highest BCUT2D eigenvalue weighted by Gasteiger charge is 2.17. The Balaban J connectivity index is 1.83. The van der Waals surface area contributed by atoms with Crippen molar-refractivity contribution in [2.75, 3.05) is 7.11 Å². The summed E-state index contributed by atoms with van der Waals surface area (Å²) in [6.45, 7) is 0. The average Bonchev–Trinajstić information content (AvgIpc) is 3.05. The molecule has 3 rings (SSSR count). The van der Waals surface area contributed by atoms with Crippen molar-refractivity contribution in [3.63, 3.8) is 0 Å². The predicted molar refractivity (Wildman–Crippen MR) is 90.2 cm³/mol. The van der Waals surface area contributed by atoms with Gasteiger partial charge < -0.3 is 13.9 Å². The number of esters is 1. The Bertz CT molecular complexity index is 940.